The van der Waals surface area contributed by atoms with Crippen molar-refractivity contribution < 1.29 is 132 Å². The van der Waals surface area contributed by atoms with Crippen LogP contribution in [0.5, 0.6) is 0 Å². The summed E-state index contributed by atoms with van der Waals surface area (Å²) in [6.45, 7) is 0. The number of halogens is 24. The van der Waals surface area contributed by atoms with E-state index in [1.807, 2.05) is 0 Å². The van der Waals surface area contributed by atoms with Gasteiger partial charge in [-0.1, -0.05) is 0 Å². The first kappa shape index (κ1) is 38.3. The fourth-order valence-electron chi connectivity index (χ4n) is 2.09. The summed E-state index contributed by atoms with van der Waals surface area (Å²) in [5.41, 5.74) is -7.27. The molecule has 0 heterocycles. The summed E-state index contributed by atoms with van der Waals surface area (Å²) in [6.07, 6.45) is -8.08. The summed E-state index contributed by atoms with van der Waals surface area (Å²) in [4.78, 5) is 0. The third-order valence-corrected chi connectivity index (χ3v) is 11.5. The Morgan fingerprint density at radius 3 is 1.05 bits per heavy atom. The van der Waals surface area contributed by atoms with Crippen LogP contribution in [0, 0.1) is 32.7 Å². The largest absolute Gasteiger partial charge is 0.526 e. The van der Waals surface area contributed by atoms with Gasteiger partial charge in [0.1, 0.15) is 0 Å². The Bertz CT molecular complexity index is 1280. The van der Waals surface area contributed by atoms with Crippen LogP contribution in [0.2, 0.25) is 0 Å². The van der Waals surface area contributed by atoms with Gasteiger partial charge in [-0.25, -0.2) is 13.2 Å². The van der Waals surface area contributed by atoms with Crippen LogP contribution in [-0.4, -0.2) is 53.6 Å². The van der Waals surface area contributed by atoms with Crippen LogP contribution in [0.3, 0.4) is 0 Å². The van der Waals surface area contributed by atoms with Gasteiger partial charge >= 0.3 is 75.6 Å². The summed E-state index contributed by atoms with van der Waals surface area (Å²) in [5.74, 6) is -63.6. The molecule has 1 rings (SSSR count). The van der Waals surface area contributed by atoms with Crippen LogP contribution in [0.25, 0.3) is 0 Å². The highest BCUT2D eigenvalue weighted by molar-refractivity contribution is 7.87. The molecule has 247 valence electrons. The first-order valence-corrected chi connectivity index (χ1v) is 13.0. The quantitative estimate of drug-likeness (QED) is 0.0935. The SMILES string of the molecule is O=S(=O)(O[I+](c1c(F)c(F)c(F)c(F)c1F)C(F)(F)C(F)(F)C(F)(F)C(F)(F)C(F)(F)C(F)(F)C(F)(F)F)C(F)(F)F. The van der Waals surface area contributed by atoms with Crippen molar-refractivity contribution >= 4 is 10.1 Å². The molecule has 0 saturated carbocycles. The van der Waals surface area contributed by atoms with Crippen molar-refractivity contribution in [1.29, 1.82) is 0 Å². The minimum Gasteiger partial charge on any atom is -0.200 e. The van der Waals surface area contributed by atoms with Crippen molar-refractivity contribution in [3.63, 3.8) is 0 Å². The third-order valence-electron chi connectivity index (χ3n) is 4.26. The predicted octanol–water partition coefficient (Wildman–Crippen LogP) is 4.29. The number of benzene rings is 1. The predicted molar refractivity (Wildman–Crippen MR) is 76.7 cm³/mol. The molecule has 28 heteroatoms. The first-order chi connectivity index (χ1) is 18.0. The van der Waals surface area contributed by atoms with E-state index in [4.69, 9.17) is 0 Å². The Balaban J connectivity index is 4.22. The van der Waals surface area contributed by atoms with Gasteiger partial charge in [0.2, 0.25) is 29.1 Å². The van der Waals surface area contributed by atoms with E-state index in [9.17, 15) is 109 Å². The summed E-state index contributed by atoms with van der Waals surface area (Å²) in [5, 5.41) is 0. The molecule has 0 aliphatic heterocycles. The van der Waals surface area contributed by atoms with Gasteiger partial charge in [0.15, 0.2) is 0 Å². The molecule has 0 aliphatic carbocycles. The van der Waals surface area contributed by atoms with E-state index >= 15 is 0 Å². The zero-order valence-corrected chi connectivity index (χ0v) is 20.7. The maximum atomic E-state index is 14.6. The Labute approximate surface area is 220 Å². The lowest BCUT2D eigenvalue weighted by Crippen LogP contribution is -3.91. The van der Waals surface area contributed by atoms with Gasteiger partial charge in [0, 0.05) is 0 Å². The zero-order chi connectivity index (χ0) is 34.2. The number of alkyl halides is 19. The Hall–Kier alpha value is -1.75. The first-order valence-electron chi connectivity index (χ1n) is 8.58. The maximum Gasteiger partial charge on any atom is 0.526 e. The lowest BCUT2D eigenvalue weighted by molar-refractivity contribution is -1.13. The molecule has 1 aromatic carbocycles. The minimum absolute atomic E-state index is 2.31. The second-order valence-corrected chi connectivity index (χ2v) is 13.4. The van der Waals surface area contributed by atoms with E-state index in [-0.39, 0.29) is 0 Å². The Kier molecular flexibility index (Phi) is 9.49. The van der Waals surface area contributed by atoms with Crippen LogP contribution in [0.4, 0.5) is 101 Å². The highest BCUT2D eigenvalue weighted by Gasteiger charge is 2.97. The molecular weight excluding hydrogens is 812 g/mol. The van der Waals surface area contributed by atoms with E-state index in [0.29, 0.717) is 0 Å². The second-order valence-electron chi connectivity index (χ2n) is 6.96. The smallest absolute Gasteiger partial charge is 0.200 e. The average molecular weight is 812 g/mol. The summed E-state index contributed by atoms with van der Waals surface area (Å²) in [6, 6.07) is 0. The van der Waals surface area contributed by atoms with Crippen LogP contribution < -0.4 is 20.2 Å². The molecule has 0 N–H and O–H groups in total. The summed E-state index contributed by atoms with van der Waals surface area (Å²) < 4.78 is 319. The molecule has 42 heavy (non-hydrogen) atoms. The van der Waals surface area contributed by atoms with Gasteiger partial charge < -0.3 is 0 Å². The number of hydrogen-bond acceptors (Lipinski definition) is 3. The minimum atomic E-state index is -9.15. The van der Waals surface area contributed by atoms with Gasteiger partial charge in [0.25, 0.3) is 3.57 Å². The van der Waals surface area contributed by atoms with E-state index in [1.54, 1.807) is 0 Å². The molecule has 0 aliphatic rings. The maximum absolute atomic E-state index is 14.6. The van der Waals surface area contributed by atoms with Crippen LogP contribution >= 0.6 is 0 Å². The molecule has 3 nitrogen and oxygen atoms in total. The molecule has 0 aromatic heterocycles. The number of hydrogen-bond donors (Lipinski definition) is 0. The van der Waals surface area contributed by atoms with Gasteiger partial charge in [0.05, 0.1) is 0 Å². The summed E-state index contributed by atoms with van der Waals surface area (Å²) >= 11 is -8.62. The lowest BCUT2D eigenvalue weighted by atomic mass is 9.94. The molecule has 0 saturated heterocycles. The summed E-state index contributed by atoms with van der Waals surface area (Å²) in [7, 11) is -8.17. The Morgan fingerprint density at radius 1 is 0.452 bits per heavy atom. The van der Waals surface area contributed by atoms with Crippen LogP contribution in [0.1, 0.15) is 0 Å². The molecule has 0 fully saturated rings. The molecule has 1 radical (unpaired) electrons. The van der Waals surface area contributed by atoms with Gasteiger partial charge in [-0.2, -0.15) is 96.2 Å². The van der Waals surface area contributed by atoms with E-state index in [1.165, 1.54) is 0 Å². The highest BCUT2D eigenvalue weighted by Crippen LogP contribution is 2.61. The molecule has 0 unspecified atom stereocenters. The van der Waals surface area contributed by atoms with Crippen molar-refractivity contribution in [2.24, 2.45) is 0 Å². The van der Waals surface area contributed by atoms with Crippen LogP contribution in [-0.2, 0) is 12.6 Å². The fourth-order valence-corrected chi connectivity index (χ4v) is 8.69. The van der Waals surface area contributed by atoms with Crippen molar-refractivity contribution in [2.45, 2.75) is 45.2 Å². The second kappa shape index (κ2) is 10.4. The highest BCUT2D eigenvalue weighted by atomic mass is 127. The molecule has 0 spiro atoms. The van der Waals surface area contributed by atoms with Crippen molar-refractivity contribution in [3.8, 4) is 0 Å². The lowest BCUT2D eigenvalue weighted by Gasteiger charge is -2.40. The zero-order valence-electron chi connectivity index (χ0n) is 17.7. The third kappa shape index (κ3) is 5.28. The normalized spacial score (nSPS) is 15.5. The molecule has 0 atom stereocenters. The topological polar surface area (TPSA) is 43.4 Å². The van der Waals surface area contributed by atoms with E-state index < -0.39 is 108 Å². The average Bonchev–Trinajstić information content (AvgIpc) is 2.78. The van der Waals surface area contributed by atoms with Crippen molar-refractivity contribution in [2.75, 3.05) is 0 Å². The standard InChI is InChI=1S/C14F23IO3S/c15-1-2(16)4(18)6(5(19)3(1)17)38(41-42(39,40)14(35,36)37)13(33,34)11(28,29)9(24,25)7(20,21)8(22,23)10(26,27)12(30,31)32/q+1. The van der Waals surface area contributed by atoms with Crippen molar-refractivity contribution in [3.05, 3.63) is 32.7 Å². The van der Waals surface area contributed by atoms with E-state index in [2.05, 4.69) is 2.51 Å². The van der Waals surface area contributed by atoms with Crippen LogP contribution in [0.15, 0.2) is 0 Å². The molecule has 0 bridgehead atoms. The molecule has 0 amide bonds. The van der Waals surface area contributed by atoms with Crippen molar-refractivity contribution in [1.82, 2.24) is 0 Å². The van der Waals surface area contributed by atoms with Gasteiger partial charge in [-0.3, -0.25) is 0 Å². The molecular formula is C14F23IO3S+. The number of rotatable bonds is 9. The Morgan fingerprint density at radius 2 is 0.738 bits per heavy atom. The van der Waals surface area contributed by atoms with E-state index in [0.717, 1.165) is 0 Å². The molecule has 1 aromatic rings. The monoisotopic (exact) mass is 812 g/mol. The van der Waals surface area contributed by atoms with Gasteiger partial charge in [-0.15, -0.1) is 0 Å². The van der Waals surface area contributed by atoms with Gasteiger partial charge in [-0.05, 0) is 2.51 Å². The fraction of sp³-hybridized carbons (Fsp3) is 0.571.